The summed E-state index contributed by atoms with van der Waals surface area (Å²) in [6.07, 6.45) is 0. The van der Waals surface area contributed by atoms with Gasteiger partial charge in [0.05, 0.1) is 12.1 Å². The Labute approximate surface area is 135 Å². The van der Waals surface area contributed by atoms with Crippen molar-refractivity contribution in [3.63, 3.8) is 0 Å². The number of morpholine rings is 1. The number of halogens is 1. The average molecular weight is 316 g/mol. The van der Waals surface area contributed by atoms with Crippen LogP contribution in [-0.2, 0) is 15.1 Å². The molecule has 0 aromatic heterocycles. The lowest BCUT2D eigenvalue weighted by atomic mass is 9.91. The molecule has 1 aliphatic heterocycles. The summed E-state index contributed by atoms with van der Waals surface area (Å²) in [7, 11) is 0. The zero-order valence-electron chi connectivity index (χ0n) is 13.3. The summed E-state index contributed by atoms with van der Waals surface area (Å²) in [5.41, 5.74) is 6.88. The molecular weight excluding hydrogens is 295 g/mol. The lowest BCUT2D eigenvalue weighted by Gasteiger charge is -2.35. The summed E-state index contributed by atoms with van der Waals surface area (Å²) >= 11 is 0. The number of rotatable bonds is 1. The van der Waals surface area contributed by atoms with Crippen molar-refractivity contribution in [1.29, 1.82) is 0 Å². The number of hydrogen-bond donors (Lipinski definition) is 2. The minimum atomic E-state index is -0.852. The van der Waals surface area contributed by atoms with Crippen molar-refractivity contribution >= 4 is 11.6 Å². The van der Waals surface area contributed by atoms with Gasteiger partial charge in [0.25, 0.3) is 0 Å². The fourth-order valence-corrected chi connectivity index (χ4v) is 2.37. The first-order chi connectivity index (χ1) is 10.9. The van der Waals surface area contributed by atoms with Crippen molar-refractivity contribution in [3.8, 4) is 0 Å². The molecule has 5 heteroatoms. The van der Waals surface area contributed by atoms with E-state index in [0.717, 1.165) is 0 Å². The highest BCUT2D eigenvalue weighted by molar-refractivity contribution is 5.79. The van der Waals surface area contributed by atoms with E-state index in [9.17, 15) is 9.18 Å². The molecule has 1 heterocycles. The van der Waals surface area contributed by atoms with Gasteiger partial charge in [-0.05, 0) is 32.0 Å². The number of nitrogens with two attached hydrogens (primary N) is 1. The van der Waals surface area contributed by atoms with Gasteiger partial charge in [-0.3, -0.25) is 4.79 Å². The van der Waals surface area contributed by atoms with Crippen molar-refractivity contribution in [2.45, 2.75) is 19.4 Å². The number of nitrogens with one attached hydrogen (secondary N) is 1. The van der Waals surface area contributed by atoms with E-state index in [1.54, 1.807) is 6.92 Å². The Hall–Kier alpha value is -2.40. The summed E-state index contributed by atoms with van der Waals surface area (Å²) in [6.45, 7) is 4.04. The highest BCUT2D eigenvalue weighted by Gasteiger charge is 2.35. The summed E-state index contributed by atoms with van der Waals surface area (Å²) in [4.78, 5) is 11.3. The molecule has 1 fully saturated rings. The second-order valence-electron chi connectivity index (χ2n) is 5.77. The highest BCUT2D eigenvalue weighted by atomic mass is 19.1. The molecule has 1 aliphatic rings. The topological polar surface area (TPSA) is 64.3 Å². The summed E-state index contributed by atoms with van der Waals surface area (Å²) in [5, 5.41) is 2.72. The summed E-state index contributed by atoms with van der Waals surface area (Å²) < 4.78 is 18.8. The highest BCUT2D eigenvalue weighted by Crippen LogP contribution is 2.27. The van der Waals surface area contributed by atoms with Crippen LogP contribution < -0.4 is 11.1 Å². The second-order valence-corrected chi connectivity index (χ2v) is 5.77. The Morgan fingerprint density at radius 3 is 2.48 bits per heavy atom. The van der Waals surface area contributed by atoms with Gasteiger partial charge >= 0.3 is 0 Å². The Morgan fingerprint density at radius 2 is 1.91 bits per heavy atom. The van der Waals surface area contributed by atoms with Gasteiger partial charge in [-0.15, -0.1) is 0 Å². The molecule has 3 rings (SSSR count). The molecule has 1 saturated heterocycles. The molecule has 4 nitrogen and oxygen atoms in total. The fraction of sp³-hybridized carbons (Fsp3) is 0.278. The summed E-state index contributed by atoms with van der Waals surface area (Å²) in [5.74, 6) is -0.655. The first-order valence-electron chi connectivity index (χ1n) is 7.36. The number of aryl methyl sites for hydroxylation is 1. The largest absolute Gasteiger partial charge is 0.399 e. The van der Waals surface area contributed by atoms with E-state index in [0.29, 0.717) is 11.3 Å². The Morgan fingerprint density at radius 1 is 1.22 bits per heavy atom. The van der Waals surface area contributed by atoms with E-state index in [1.807, 2.05) is 18.2 Å². The Bertz CT molecular complexity index is 676. The zero-order chi connectivity index (χ0) is 16.9. The molecule has 3 N–H and O–H groups in total. The Balaban J connectivity index is 0.000000229. The number of benzene rings is 2. The molecule has 1 atom stereocenters. The molecule has 2 aromatic carbocycles. The SMILES string of the molecule is CC1(c2cc(N)ccc2F)COCC(=O)N1.Cc1ccccc1. The third kappa shape index (κ3) is 4.53. The molecule has 0 radical (unpaired) electrons. The third-order valence-electron chi connectivity index (χ3n) is 3.56. The minimum absolute atomic E-state index is 0.0134. The number of ether oxygens (including phenoxy) is 1. The molecule has 1 amide bonds. The molecule has 122 valence electrons. The lowest BCUT2D eigenvalue weighted by Crippen LogP contribution is -2.53. The van der Waals surface area contributed by atoms with Crippen LogP contribution in [0.1, 0.15) is 18.1 Å². The van der Waals surface area contributed by atoms with Gasteiger partial charge in [-0.2, -0.15) is 0 Å². The predicted molar refractivity (Wildman–Crippen MR) is 88.3 cm³/mol. The average Bonchev–Trinajstić information content (AvgIpc) is 2.51. The lowest BCUT2D eigenvalue weighted by molar-refractivity contribution is -0.135. The van der Waals surface area contributed by atoms with Gasteiger partial charge in [0.15, 0.2) is 0 Å². The molecular formula is C18H21FN2O2. The van der Waals surface area contributed by atoms with Gasteiger partial charge in [0.1, 0.15) is 12.4 Å². The van der Waals surface area contributed by atoms with Crippen LogP contribution in [0.3, 0.4) is 0 Å². The third-order valence-corrected chi connectivity index (χ3v) is 3.56. The molecule has 0 bridgehead atoms. The number of anilines is 1. The maximum absolute atomic E-state index is 13.7. The molecule has 23 heavy (non-hydrogen) atoms. The normalized spacial score (nSPS) is 20.2. The van der Waals surface area contributed by atoms with E-state index in [4.69, 9.17) is 10.5 Å². The first-order valence-corrected chi connectivity index (χ1v) is 7.36. The van der Waals surface area contributed by atoms with Gasteiger partial charge in [-0.25, -0.2) is 4.39 Å². The standard InChI is InChI=1S/C11H13FN2O2.C7H8/c1-11(6-16-5-10(15)14-11)8-4-7(13)2-3-9(8)12;1-7-5-3-2-4-6-7/h2-4H,5-6,13H2,1H3,(H,14,15);2-6H,1H3. The van der Waals surface area contributed by atoms with Crippen molar-refractivity contribution < 1.29 is 13.9 Å². The number of carbonyl (C=O) groups excluding carboxylic acids is 1. The van der Waals surface area contributed by atoms with Crippen molar-refractivity contribution in [1.82, 2.24) is 5.32 Å². The monoisotopic (exact) mass is 316 g/mol. The van der Waals surface area contributed by atoms with Gasteiger partial charge in [0, 0.05) is 11.3 Å². The van der Waals surface area contributed by atoms with Gasteiger partial charge in [-0.1, -0.05) is 35.9 Å². The molecule has 0 saturated carbocycles. The molecule has 0 aliphatic carbocycles. The van der Waals surface area contributed by atoms with E-state index in [1.165, 1.54) is 23.8 Å². The van der Waals surface area contributed by atoms with Crippen molar-refractivity contribution in [3.05, 3.63) is 65.5 Å². The van der Waals surface area contributed by atoms with Crippen LogP contribution in [0.4, 0.5) is 10.1 Å². The first kappa shape index (κ1) is 17.0. The van der Waals surface area contributed by atoms with Crippen LogP contribution in [0.2, 0.25) is 0 Å². The van der Waals surface area contributed by atoms with E-state index in [-0.39, 0.29) is 19.1 Å². The van der Waals surface area contributed by atoms with Crippen LogP contribution in [-0.4, -0.2) is 19.1 Å². The summed E-state index contributed by atoms with van der Waals surface area (Å²) in [6, 6.07) is 14.5. The van der Waals surface area contributed by atoms with Gasteiger partial charge in [0.2, 0.25) is 5.91 Å². The van der Waals surface area contributed by atoms with Crippen LogP contribution in [0.5, 0.6) is 0 Å². The Kier molecular flexibility index (Phi) is 5.34. The minimum Gasteiger partial charge on any atom is -0.399 e. The van der Waals surface area contributed by atoms with Crippen LogP contribution in [0.25, 0.3) is 0 Å². The number of amides is 1. The number of nitrogen functional groups attached to an aromatic ring is 1. The van der Waals surface area contributed by atoms with Crippen molar-refractivity contribution in [2.75, 3.05) is 18.9 Å². The molecule has 0 spiro atoms. The predicted octanol–water partition coefficient (Wildman–Crippen LogP) is 2.76. The smallest absolute Gasteiger partial charge is 0.246 e. The zero-order valence-corrected chi connectivity index (χ0v) is 13.3. The van der Waals surface area contributed by atoms with E-state index >= 15 is 0 Å². The van der Waals surface area contributed by atoms with Crippen LogP contribution >= 0.6 is 0 Å². The molecule has 2 aromatic rings. The van der Waals surface area contributed by atoms with Gasteiger partial charge < -0.3 is 15.8 Å². The second kappa shape index (κ2) is 7.24. The number of hydrogen-bond acceptors (Lipinski definition) is 3. The molecule has 1 unspecified atom stereocenters. The van der Waals surface area contributed by atoms with Crippen LogP contribution in [0, 0.1) is 12.7 Å². The fourth-order valence-electron chi connectivity index (χ4n) is 2.37. The maximum atomic E-state index is 13.7. The number of carbonyl (C=O) groups is 1. The van der Waals surface area contributed by atoms with E-state index < -0.39 is 11.4 Å². The van der Waals surface area contributed by atoms with Crippen LogP contribution in [0.15, 0.2) is 48.5 Å². The quantitative estimate of drug-likeness (QED) is 0.795. The maximum Gasteiger partial charge on any atom is 0.246 e. The van der Waals surface area contributed by atoms with Crippen molar-refractivity contribution in [2.24, 2.45) is 0 Å². The van der Waals surface area contributed by atoms with E-state index in [2.05, 4.69) is 24.4 Å².